The number of sulfone groups is 1. The molecule has 0 rings (SSSR count). The molecule has 0 aromatic carbocycles. The fourth-order valence-electron chi connectivity index (χ4n) is 0.747. The van der Waals surface area contributed by atoms with Crippen molar-refractivity contribution in [3.05, 3.63) is 0 Å². The molecule has 1 amide bonds. The van der Waals surface area contributed by atoms with E-state index in [-0.39, 0.29) is 12.2 Å². The van der Waals surface area contributed by atoms with Crippen molar-refractivity contribution in [1.29, 1.82) is 0 Å². The van der Waals surface area contributed by atoms with Crippen LogP contribution in [0.2, 0.25) is 0 Å². The Hall–Kier alpha value is -0.620. The number of rotatable bonds is 5. The van der Waals surface area contributed by atoms with Gasteiger partial charge in [-0.2, -0.15) is 0 Å². The molecule has 0 saturated carbocycles. The number of carbonyl (C=O) groups is 1. The van der Waals surface area contributed by atoms with Gasteiger partial charge in [0.25, 0.3) is 0 Å². The molecule has 0 aliphatic carbocycles. The summed E-state index contributed by atoms with van der Waals surface area (Å²) in [6, 6.07) is 0. The van der Waals surface area contributed by atoms with Gasteiger partial charge in [0.15, 0.2) is 15.3 Å². The smallest absolute Gasteiger partial charge is 0.223 e. The maximum absolute atomic E-state index is 11.0. The number of amides is 1. The van der Waals surface area contributed by atoms with E-state index in [0.717, 1.165) is 0 Å². The molecule has 0 aliphatic rings. The molecule has 5 nitrogen and oxygen atoms in total. The Morgan fingerprint density at radius 3 is 2.38 bits per heavy atom. The normalized spacial score (nSPS) is 13.8. The van der Waals surface area contributed by atoms with E-state index in [1.54, 1.807) is 6.92 Å². The van der Waals surface area contributed by atoms with Crippen LogP contribution in [0.1, 0.15) is 20.3 Å². The Kier molecular flexibility index (Phi) is 4.94. The van der Waals surface area contributed by atoms with Crippen molar-refractivity contribution in [3.63, 3.8) is 0 Å². The Morgan fingerprint density at radius 2 is 2.00 bits per heavy atom. The number of aliphatic hydroxyl groups excluding tert-OH is 1. The highest BCUT2D eigenvalue weighted by Gasteiger charge is 2.23. The summed E-state index contributed by atoms with van der Waals surface area (Å²) in [5.74, 6) is -0.611. The number of nitrogens with one attached hydrogen (secondary N) is 1. The lowest BCUT2D eigenvalue weighted by Crippen LogP contribution is -2.31. The fraction of sp³-hybridized carbons (Fsp3) is 0.857. The van der Waals surface area contributed by atoms with Crippen molar-refractivity contribution in [2.75, 3.05) is 12.3 Å². The molecule has 13 heavy (non-hydrogen) atoms. The van der Waals surface area contributed by atoms with E-state index in [1.807, 2.05) is 0 Å². The van der Waals surface area contributed by atoms with Gasteiger partial charge in [-0.15, -0.1) is 0 Å². The molecule has 6 heteroatoms. The van der Waals surface area contributed by atoms with E-state index >= 15 is 0 Å². The van der Waals surface area contributed by atoms with Gasteiger partial charge in [-0.1, -0.05) is 6.92 Å². The van der Waals surface area contributed by atoms with Crippen LogP contribution < -0.4 is 5.32 Å². The van der Waals surface area contributed by atoms with Crippen LogP contribution >= 0.6 is 0 Å². The van der Waals surface area contributed by atoms with Crippen LogP contribution in [0.3, 0.4) is 0 Å². The zero-order valence-corrected chi connectivity index (χ0v) is 8.60. The molecule has 0 aromatic heterocycles. The lowest BCUT2D eigenvalue weighted by molar-refractivity contribution is -0.122. The molecule has 0 spiro atoms. The molecule has 0 saturated heterocycles. The van der Waals surface area contributed by atoms with Crippen molar-refractivity contribution in [3.8, 4) is 0 Å². The SMILES string of the molecule is CCNC(=O)CC(O)S(=O)(=O)CC. The first kappa shape index (κ1) is 12.4. The Labute approximate surface area is 78.1 Å². The van der Waals surface area contributed by atoms with Crippen molar-refractivity contribution < 1.29 is 18.3 Å². The van der Waals surface area contributed by atoms with Gasteiger partial charge >= 0.3 is 0 Å². The minimum atomic E-state index is -3.52. The molecule has 0 aromatic rings. The number of hydrogen-bond acceptors (Lipinski definition) is 4. The molecule has 1 unspecified atom stereocenters. The third kappa shape index (κ3) is 4.23. The number of carbonyl (C=O) groups excluding carboxylic acids is 1. The third-order valence-electron chi connectivity index (χ3n) is 1.55. The van der Waals surface area contributed by atoms with E-state index in [1.165, 1.54) is 6.92 Å². The van der Waals surface area contributed by atoms with Crippen LogP contribution in [-0.2, 0) is 14.6 Å². The molecule has 0 bridgehead atoms. The van der Waals surface area contributed by atoms with Gasteiger partial charge in [-0.3, -0.25) is 4.79 Å². The zero-order valence-electron chi connectivity index (χ0n) is 7.78. The van der Waals surface area contributed by atoms with Crippen LogP contribution in [0, 0.1) is 0 Å². The average Bonchev–Trinajstić information content (AvgIpc) is 2.04. The quantitative estimate of drug-likeness (QED) is 0.625. The second-order valence-electron chi connectivity index (χ2n) is 2.56. The average molecular weight is 209 g/mol. The molecular weight excluding hydrogens is 194 g/mol. The van der Waals surface area contributed by atoms with Crippen LogP contribution in [0.5, 0.6) is 0 Å². The molecular formula is C7H15NO4S. The highest BCUT2D eigenvalue weighted by molar-refractivity contribution is 7.91. The van der Waals surface area contributed by atoms with Gasteiger partial charge in [-0.05, 0) is 6.92 Å². The highest BCUT2D eigenvalue weighted by Crippen LogP contribution is 2.03. The number of hydrogen-bond donors (Lipinski definition) is 2. The lowest BCUT2D eigenvalue weighted by atomic mass is 10.4. The van der Waals surface area contributed by atoms with E-state index in [0.29, 0.717) is 6.54 Å². The lowest BCUT2D eigenvalue weighted by Gasteiger charge is -2.09. The first-order valence-electron chi connectivity index (χ1n) is 4.10. The Bertz CT molecular complexity index is 260. The summed E-state index contributed by atoms with van der Waals surface area (Å²) in [5, 5.41) is 11.5. The monoisotopic (exact) mass is 209 g/mol. The third-order valence-corrected chi connectivity index (χ3v) is 3.35. The van der Waals surface area contributed by atoms with Crippen molar-refractivity contribution in [1.82, 2.24) is 5.32 Å². The molecule has 78 valence electrons. The summed E-state index contributed by atoms with van der Waals surface area (Å²) in [7, 11) is -3.52. The maximum Gasteiger partial charge on any atom is 0.223 e. The van der Waals surface area contributed by atoms with Gasteiger partial charge in [0.2, 0.25) is 5.91 Å². The fourth-order valence-corrected chi connectivity index (χ4v) is 1.54. The van der Waals surface area contributed by atoms with E-state index in [4.69, 9.17) is 5.11 Å². The topological polar surface area (TPSA) is 83.5 Å². The summed E-state index contributed by atoms with van der Waals surface area (Å²) in [6.45, 7) is 3.58. The van der Waals surface area contributed by atoms with Crippen LogP contribution in [0.4, 0.5) is 0 Å². The van der Waals surface area contributed by atoms with E-state index in [9.17, 15) is 13.2 Å². The summed E-state index contributed by atoms with van der Waals surface area (Å²) in [4.78, 5) is 10.9. The highest BCUT2D eigenvalue weighted by atomic mass is 32.2. The summed E-state index contributed by atoms with van der Waals surface area (Å²) < 4.78 is 22.0. The molecule has 0 aliphatic heterocycles. The van der Waals surface area contributed by atoms with Crippen LogP contribution in [0.15, 0.2) is 0 Å². The summed E-state index contributed by atoms with van der Waals surface area (Å²) in [6.07, 6.45) is -0.385. The van der Waals surface area contributed by atoms with E-state index < -0.39 is 21.2 Å². The molecule has 0 radical (unpaired) electrons. The first-order valence-corrected chi connectivity index (χ1v) is 5.82. The molecule has 0 fully saturated rings. The van der Waals surface area contributed by atoms with Crippen molar-refractivity contribution >= 4 is 15.7 Å². The minimum Gasteiger partial charge on any atom is -0.377 e. The van der Waals surface area contributed by atoms with Crippen LogP contribution in [-0.4, -0.2) is 37.2 Å². The van der Waals surface area contributed by atoms with Gasteiger partial charge in [0.1, 0.15) is 0 Å². The minimum absolute atomic E-state index is 0.159. The standard InChI is InChI=1S/C7H15NO4S/c1-3-8-6(9)5-7(10)13(11,12)4-2/h7,10H,3-5H2,1-2H3,(H,8,9). The summed E-state index contributed by atoms with van der Waals surface area (Å²) in [5.41, 5.74) is -1.58. The predicted octanol–water partition coefficient (Wildman–Crippen LogP) is -0.734. The Morgan fingerprint density at radius 1 is 1.46 bits per heavy atom. The van der Waals surface area contributed by atoms with Gasteiger partial charge in [0, 0.05) is 12.3 Å². The van der Waals surface area contributed by atoms with Gasteiger partial charge in [0.05, 0.1) is 6.42 Å². The van der Waals surface area contributed by atoms with Crippen molar-refractivity contribution in [2.45, 2.75) is 25.7 Å². The number of aliphatic hydroxyl groups is 1. The van der Waals surface area contributed by atoms with Gasteiger partial charge in [-0.25, -0.2) is 8.42 Å². The van der Waals surface area contributed by atoms with Gasteiger partial charge < -0.3 is 10.4 Å². The Balaban J connectivity index is 4.16. The first-order chi connectivity index (χ1) is 5.94. The summed E-state index contributed by atoms with van der Waals surface area (Å²) >= 11 is 0. The van der Waals surface area contributed by atoms with E-state index in [2.05, 4.69) is 5.32 Å². The molecule has 0 heterocycles. The predicted molar refractivity (Wildman–Crippen MR) is 48.8 cm³/mol. The molecule has 1 atom stereocenters. The zero-order chi connectivity index (χ0) is 10.5. The second kappa shape index (κ2) is 5.18. The molecule has 2 N–H and O–H groups in total. The largest absolute Gasteiger partial charge is 0.377 e. The second-order valence-corrected chi connectivity index (χ2v) is 5.01. The van der Waals surface area contributed by atoms with Crippen LogP contribution in [0.25, 0.3) is 0 Å². The maximum atomic E-state index is 11.0. The van der Waals surface area contributed by atoms with Crippen molar-refractivity contribution in [2.24, 2.45) is 0 Å².